The Labute approximate surface area is 92.3 Å². The SMILES string of the molecule is CC=CC(=O)N(CC)C1CCC(N)CC1. The molecule has 15 heavy (non-hydrogen) atoms. The number of carbonyl (C=O) groups excluding carboxylic acids is 1. The van der Waals surface area contributed by atoms with Crippen molar-refractivity contribution in [2.75, 3.05) is 6.54 Å². The zero-order valence-electron chi connectivity index (χ0n) is 9.78. The molecular weight excluding hydrogens is 188 g/mol. The molecule has 0 unspecified atom stereocenters. The molecule has 1 aliphatic carbocycles. The molecule has 3 heteroatoms. The van der Waals surface area contributed by atoms with Crippen LogP contribution in [0.4, 0.5) is 0 Å². The lowest BCUT2D eigenvalue weighted by atomic mass is 9.90. The van der Waals surface area contributed by atoms with Crippen LogP contribution in [0.25, 0.3) is 0 Å². The molecule has 0 aromatic heterocycles. The van der Waals surface area contributed by atoms with E-state index in [1.807, 2.05) is 18.7 Å². The second-order valence-corrected chi connectivity index (χ2v) is 4.19. The smallest absolute Gasteiger partial charge is 0.246 e. The molecule has 1 saturated carbocycles. The fourth-order valence-corrected chi connectivity index (χ4v) is 2.25. The molecule has 1 fully saturated rings. The summed E-state index contributed by atoms with van der Waals surface area (Å²) in [5, 5.41) is 0. The minimum Gasteiger partial charge on any atom is -0.336 e. The number of hydrogen-bond donors (Lipinski definition) is 1. The third-order valence-corrected chi connectivity index (χ3v) is 3.12. The Morgan fingerprint density at radius 3 is 2.47 bits per heavy atom. The lowest BCUT2D eigenvalue weighted by Crippen LogP contribution is -2.43. The number of nitrogens with zero attached hydrogens (tertiary/aromatic N) is 1. The number of likely N-dealkylation sites (N-methyl/N-ethyl adjacent to an activating group) is 1. The molecular formula is C12H22N2O. The second kappa shape index (κ2) is 5.91. The highest BCUT2D eigenvalue weighted by Crippen LogP contribution is 2.22. The summed E-state index contributed by atoms with van der Waals surface area (Å²) in [6.45, 7) is 4.71. The Balaban J connectivity index is 2.55. The monoisotopic (exact) mass is 210 g/mol. The van der Waals surface area contributed by atoms with Gasteiger partial charge in [-0.25, -0.2) is 0 Å². The third-order valence-electron chi connectivity index (χ3n) is 3.12. The largest absolute Gasteiger partial charge is 0.336 e. The summed E-state index contributed by atoms with van der Waals surface area (Å²) in [5.74, 6) is 0.139. The van der Waals surface area contributed by atoms with E-state index in [0.29, 0.717) is 12.1 Å². The number of amides is 1. The summed E-state index contributed by atoms with van der Waals surface area (Å²) >= 11 is 0. The van der Waals surface area contributed by atoms with Crippen LogP contribution < -0.4 is 5.73 Å². The van der Waals surface area contributed by atoms with Gasteiger partial charge in [0.25, 0.3) is 0 Å². The normalized spacial score (nSPS) is 26.9. The Hall–Kier alpha value is -0.830. The second-order valence-electron chi connectivity index (χ2n) is 4.19. The Kier molecular flexibility index (Phi) is 4.82. The van der Waals surface area contributed by atoms with Gasteiger partial charge in [-0.3, -0.25) is 4.79 Å². The molecule has 3 nitrogen and oxygen atoms in total. The number of nitrogens with two attached hydrogens (primary N) is 1. The molecule has 0 saturated heterocycles. The zero-order chi connectivity index (χ0) is 11.3. The van der Waals surface area contributed by atoms with Gasteiger partial charge in [0.1, 0.15) is 0 Å². The van der Waals surface area contributed by atoms with Crippen molar-refractivity contribution in [1.82, 2.24) is 4.90 Å². The van der Waals surface area contributed by atoms with E-state index in [1.54, 1.807) is 12.2 Å². The van der Waals surface area contributed by atoms with Crippen molar-refractivity contribution < 1.29 is 4.79 Å². The summed E-state index contributed by atoms with van der Waals surface area (Å²) in [5.41, 5.74) is 5.86. The minimum atomic E-state index is 0.139. The zero-order valence-corrected chi connectivity index (χ0v) is 9.78. The molecule has 0 aromatic carbocycles. The molecule has 1 rings (SSSR count). The molecule has 0 spiro atoms. The average molecular weight is 210 g/mol. The molecule has 0 radical (unpaired) electrons. The van der Waals surface area contributed by atoms with Crippen LogP contribution in [0.3, 0.4) is 0 Å². The lowest BCUT2D eigenvalue weighted by molar-refractivity contribution is -0.128. The van der Waals surface area contributed by atoms with Crippen molar-refractivity contribution in [2.45, 2.75) is 51.6 Å². The van der Waals surface area contributed by atoms with E-state index in [-0.39, 0.29) is 5.91 Å². The summed E-state index contributed by atoms with van der Waals surface area (Å²) in [6, 6.07) is 0.746. The van der Waals surface area contributed by atoms with Gasteiger partial charge in [0, 0.05) is 18.6 Å². The van der Waals surface area contributed by atoms with Gasteiger partial charge >= 0.3 is 0 Å². The minimum absolute atomic E-state index is 0.139. The van der Waals surface area contributed by atoms with E-state index in [1.165, 1.54) is 0 Å². The van der Waals surface area contributed by atoms with Crippen LogP contribution in [0.1, 0.15) is 39.5 Å². The van der Waals surface area contributed by atoms with E-state index in [0.717, 1.165) is 32.2 Å². The summed E-state index contributed by atoms with van der Waals surface area (Å²) < 4.78 is 0. The van der Waals surface area contributed by atoms with Gasteiger partial charge in [0.15, 0.2) is 0 Å². The predicted octanol–water partition coefficient (Wildman–Crippen LogP) is 1.68. The van der Waals surface area contributed by atoms with Crippen LogP contribution in [-0.4, -0.2) is 29.4 Å². The van der Waals surface area contributed by atoms with Gasteiger partial charge in [-0.1, -0.05) is 6.08 Å². The van der Waals surface area contributed by atoms with Crippen LogP contribution in [-0.2, 0) is 4.79 Å². The maximum absolute atomic E-state index is 11.8. The van der Waals surface area contributed by atoms with Crippen molar-refractivity contribution in [3.8, 4) is 0 Å². The fourth-order valence-electron chi connectivity index (χ4n) is 2.25. The highest BCUT2D eigenvalue weighted by Gasteiger charge is 2.25. The maximum atomic E-state index is 11.8. The van der Waals surface area contributed by atoms with Crippen molar-refractivity contribution in [2.24, 2.45) is 5.73 Å². The topological polar surface area (TPSA) is 46.3 Å². The van der Waals surface area contributed by atoms with Gasteiger partial charge in [-0.15, -0.1) is 0 Å². The van der Waals surface area contributed by atoms with Crippen LogP contribution in [0.5, 0.6) is 0 Å². The lowest BCUT2D eigenvalue weighted by Gasteiger charge is -2.34. The van der Waals surface area contributed by atoms with E-state index < -0.39 is 0 Å². The standard InChI is InChI=1S/C12H22N2O/c1-3-5-12(15)14(4-2)11-8-6-10(13)7-9-11/h3,5,10-11H,4,6-9,13H2,1-2H3. The van der Waals surface area contributed by atoms with E-state index in [9.17, 15) is 4.79 Å². The number of allylic oxidation sites excluding steroid dienone is 1. The molecule has 86 valence electrons. The van der Waals surface area contributed by atoms with Crippen molar-refractivity contribution in [3.63, 3.8) is 0 Å². The highest BCUT2D eigenvalue weighted by atomic mass is 16.2. The highest BCUT2D eigenvalue weighted by molar-refractivity contribution is 5.87. The van der Waals surface area contributed by atoms with E-state index >= 15 is 0 Å². The van der Waals surface area contributed by atoms with Crippen LogP contribution in [0.2, 0.25) is 0 Å². The third kappa shape index (κ3) is 3.34. The number of rotatable bonds is 3. The van der Waals surface area contributed by atoms with Crippen molar-refractivity contribution in [1.29, 1.82) is 0 Å². The van der Waals surface area contributed by atoms with Gasteiger partial charge in [-0.05, 0) is 45.6 Å². The molecule has 0 aromatic rings. The number of hydrogen-bond acceptors (Lipinski definition) is 2. The van der Waals surface area contributed by atoms with Gasteiger partial charge < -0.3 is 10.6 Å². The van der Waals surface area contributed by atoms with Crippen LogP contribution >= 0.6 is 0 Å². The predicted molar refractivity (Wildman–Crippen MR) is 62.4 cm³/mol. The average Bonchev–Trinajstić information content (AvgIpc) is 2.22. The molecule has 0 atom stereocenters. The van der Waals surface area contributed by atoms with Gasteiger partial charge in [0.05, 0.1) is 0 Å². The Bertz CT molecular complexity index is 230. The first-order valence-corrected chi connectivity index (χ1v) is 5.87. The van der Waals surface area contributed by atoms with Crippen molar-refractivity contribution >= 4 is 5.91 Å². The van der Waals surface area contributed by atoms with E-state index in [2.05, 4.69) is 0 Å². The summed E-state index contributed by atoms with van der Waals surface area (Å²) in [4.78, 5) is 13.7. The van der Waals surface area contributed by atoms with Gasteiger partial charge in [-0.2, -0.15) is 0 Å². The Morgan fingerprint density at radius 1 is 1.40 bits per heavy atom. The number of carbonyl (C=O) groups is 1. The Morgan fingerprint density at radius 2 is 2.00 bits per heavy atom. The summed E-state index contributed by atoms with van der Waals surface area (Å²) in [6.07, 6.45) is 7.66. The first-order chi connectivity index (χ1) is 7.19. The first-order valence-electron chi connectivity index (χ1n) is 5.87. The summed E-state index contributed by atoms with van der Waals surface area (Å²) in [7, 11) is 0. The van der Waals surface area contributed by atoms with Crippen LogP contribution in [0, 0.1) is 0 Å². The molecule has 0 heterocycles. The van der Waals surface area contributed by atoms with E-state index in [4.69, 9.17) is 5.73 Å². The molecule has 2 N–H and O–H groups in total. The maximum Gasteiger partial charge on any atom is 0.246 e. The molecule has 0 aliphatic heterocycles. The van der Waals surface area contributed by atoms with Gasteiger partial charge in [0.2, 0.25) is 5.91 Å². The molecule has 1 aliphatic rings. The quantitative estimate of drug-likeness (QED) is 0.720. The van der Waals surface area contributed by atoms with Crippen LogP contribution in [0.15, 0.2) is 12.2 Å². The molecule has 1 amide bonds. The molecule has 0 bridgehead atoms. The fraction of sp³-hybridized carbons (Fsp3) is 0.750. The first kappa shape index (κ1) is 12.2. The van der Waals surface area contributed by atoms with Crippen molar-refractivity contribution in [3.05, 3.63) is 12.2 Å².